The van der Waals surface area contributed by atoms with Gasteiger partial charge >= 0.3 is 6.09 Å². The number of hydrogen-bond donors (Lipinski definition) is 1. The van der Waals surface area contributed by atoms with E-state index in [4.69, 9.17) is 9.84 Å². The largest absolute Gasteiger partial charge is 0.444 e. The van der Waals surface area contributed by atoms with Crippen LogP contribution >= 0.6 is 0 Å². The van der Waals surface area contributed by atoms with E-state index in [-0.39, 0.29) is 18.7 Å². The normalized spacial score (nSPS) is 21.7. The Balaban J connectivity index is 2.50. The molecule has 1 aliphatic rings. The number of aliphatic hydroxyl groups is 1. The summed E-state index contributed by atoms with van der Waals surface area (Å²) < 4.78 is 5.37. The fourth-order valence-electron chi connectivity index (χ4n) is 2.17. The lowest BCUT2D eigenvalue weighted by Gasteiger charge is -2.37. The number of carbonyl (C=O) groups is 1. The molecule has 0 saturated carbocycles. The molecule has 0 aliphatic carbocycles. The summed E-state index contributed by atoms with van der Waals surface area (Å²) in [6, 6.07) is 0.181. The monoisotopic (exact) mass is 258 g/mol. The van der Waals surface area contributed by atoms with Crippen molar-refractivity contribution in [3.05, 3.63) is 0 Å². The van der Waals surface area contributed by atoms with Crippen LogP contribution in [0.25, 0.3) is 0 Å². The molecule has 1 N–H and O–H groups in total. The summed E-state index contributed by atoms with van der Waals surface area (Å²) >= 11 is 0. The number of amides is 1. The summed E-state index contributed by atoms with van der Waals surface area (Å²) in [7, 11) is 1.79. The predicted molar refractivity (Wildman–Crippen MR) is 70.5 cm³/mol. The molecule has 1 amide bonds. The topological polar surface area (TPSA) is 53.0 Å². The molecular formula is C13H26N2O3. The smallest absolute Gasteiger partial charge is 0.410 e. The van der Waals surface area contributed by atoms with Crippen molar-refractivity contribution in [2.24, 2.45) is 0 Å². The molecule has 1 atom stereocenters. The highest BCUT2D eigenvalue weighted by molar-refractivity contribution is 5.68. The van der Waals surface area contributed by atoms with Crippen molar-refractivity contribution in [2.75, 3.05) is 33.3 Å². The number of aliphatic hydroxyl groups excluding tert-OH is 1. The lowest BCUT2D eigenvalue weighted by molar-refractivity contribution is 0.0126. The summed E-state index contributed by atoms with van der Waals surface area (Å²) in [6.45, 7) is 8.28. The van der Waals surface area contributed by atoms with Crippen LogP contribution in [0.3, 0.4) is 0 Å². The van der Waals surface area contributed by atoms with Gasteiger partial charge < -0.3 is 14.7 Å². The van der Waals surface area contributed by atoms with Crippen LogP contribution in [0.5, 0.6) is 0 Å². The number of hydrogen-bond acceptors (Lipinski definition) is 4. The second kappa shape index (κ2) is 6.38. The van der Waals surface area contributed by atoms with Crippen LogP contribution in [0.1, 0.15) is 33.6 Å². The summed E-state index contributed by atoms with van der Waals surface area (Å²) in [4.78, 5) is 15.8. The highest BCUT2D eigenvalue weighted by Crippen LogP contribution is 2.17. The highest BCUT2D eigenvalue weighted by atomic mass is 16.6. The molecule has 1 saturated heterocycles. The predicted octanol–water partition coefficient (Wildman–Crippen LogP) is 1.31. The number of rotatable bonds is 3. The van der Waals surface area contributed by atoms with Crippen molar-refractivity contribution >= 4 is 6.09 Å². The van der Waals surface area contributed by atoms with Gasteiger partial charge in [0.25, 0.3) is 0 Å². The SMILES string of the molecule is CN(C(=O)OC(C)(C)C)[C@H]1CCCN(CCO)C1. The first-order valence-electron chi connectivity index (χ1n) is 6.62. The van der Waals surface area contributed by atoms with Gasteiger partial charge in [0.05, 0.1) is 6.61 Å². The zero-order valence-corrected chi connectivity index (χ0v) is 12.0. The average molecular weight is 258 g/mol. The van der Waals surface area contributed by atoms with Crippen LogP contribution in [-0.4, -0.2) is 65.9 Å². The van der Waals surface area contributed by atoms with E-state index < -0.39 is 5.60 Å². The van der Waals surface area contributed by atoms with E-state index in [1.165, 1.54) is 0 Å². The van der Waals surface area contributed by atoms with Crippen LogP contribution in [0.2, 0.25) is 0 Å². The quantitative estimate of drug-likeness (QED) is 0.829. The third kappa shape index (κ3) is 4.82. The minimum Gasteiger partial charge on any atom is -0.444 e. The zero-order valence-electron chi connectivity index (χ0n) is 12.0. The Kier molecular flexibility index (Phi) is 5.41. The average Bonchev–Trinajstić information content (AvgIpc) is 2.26. The Hall–Kier alpha value is -0.810. The van der Waals surface area contributed by atoms with Crippen molar-refractivity contribution in [2.45, 2.75) is 45.3 Å². The van der Waals surface area contributed by atoms with E-state index in [1.807, 2.05) is 20.8 Å². The number of piperidine rings is 1. The van der Waals surface area contributed by atoms with Gasteiger partial charge in [-0.3, -0.25) is 4.90 Å². The maximum Gasteiger partial charge on any atom is 0.410 e. The highest BCUT2D eigenvalue weighted by Gasteiger charge is 2.28. The molecular weight excluding hydrogens is 232 g/mol. The lowest BCUT2D eigenvalue weighted by atomic mass is 10.0. The third-order valence-corrected chi connectivity index (χ3v) is 3.13. The molecule has 1 rings (SSSR count). The van der Waals surface area contributed by atoms with E-state index in [2.05, 4.69) is 4.90 Å². The number of carbonyl (C=O) groups excluding carboxylic acids is 1. The van der Waals surface area contributed by atoms with Gasteiger partial charge in [-0.2, -0.15) is 0 Å². The minimum atomic E-state index is -0.454. The maximum absolute atomic E-state index is 12.0. The number of nitrogens with zero attached hydrogens (tertiary/aromatic N) is 2. The van der Waals surface area contributed by atoms with Gasteiger partial charge in [0, 0.05) is 26.2 Å². The third-order valence-electron chi connectivity index (χ3n) is 3.13. The van der Waals surface area contributed by atoms with Crippen molar-refractivity contribution in [1.82, 2.24) is 9.80 Å². The zero-order chi connectivity index (χ0) is 13.8. The van der Waals surface area contributed by atoms with Gasteiger partial charge in [0.15, 0.2) is 0 Å². The number of likely N-dealkylation sites (N-methyl/N-ethyl adjacent to an activating group) is 1. The molecule has 5 heteroatoms. The molecule has 0 radical (unpaired) electrons. The van der Waals surface area contributed by atoms with Gasteiger partial charge in [-0.25, -0.2) is 4.79 Å². The standard InChI is InChI=1S/C13H26N2O3/c1-13(2,3)18-12(17)14(4)11-6-5-7-15(10-11)8-9-16/h11,16H,5-10H2,1-4H3/t11-/m0/s1. The van der Waals surface area contributed by atoms with Gasteiger partial charge in [0.2, 0.25) is 0 Å². The molecule has 0 aromatic carbocycles. The van der Waals surface area contributed by atoms with Crippen molar-refractivity contribution < 1.29 is 14.6 Å². The molecule has 0 aromatic rings. The number of ether oxygens (including phenoxy) is 1. The Morgan fingerprint density at radius 1 is 1.50 bits per heavy atom. The second-order valence-corrected chi connectivity index (χ2v) is 5.91. The van der Waals surface area contributed by atoms with E-state index >= 15 is 0 Å². The van der Waals surface area contributed by atoms with E-state index in [9.17, 15) is 4.79 Å². The van der Waals surface area contributed by atoms with Crippen LogP contribution < -0.4 is 0 Å². The maximum atomic E-state index is 12.0. The molecule has 0 unspecified atom stereocenters. The van der Waals surface area contributed by atoms with Crippen LogP contribution in [0.15, 0.2) is 0 Å². The first-order chi connectivity index (χ1) is 8.33. The van der Waals surface area contributed by atoms with Crippen molar-refractivity contribution in [3.8, 4) is 0 Å². The molecule has 18 heavy (non-hydrogen) atoms. The Labute approximate surface area is 110 Å². The summed E-state index contributed by atoms with van der Waals surface area (Å²) in [5, 5.41) is 8.96. The first kappa shape index (κ1) is 15.2. The molecule has 0 aromatic heterocycles. The lowest BCUT2D eigenvalue weighted by Crippen LogP contribution is -2.50. The van der Waals surface area contributed by atoms with E-state index in [0.717, 1.165) is 25.9 Å². The summed E-state index contributed by atoms with van der Waals surface area (Å²) in [6.07, 6.45) is 1.79. The van der Waals surface area contributed by atoms with Crippen molar-refractivity contribution in [3.63, 3.8) is 0 Å². The fraction of sp³-hybridized carbons (Fsp3) is 0.923. The second-order valence-electron chi connectivity index (χ2n) is 5.91. The van der Waals surface area contributed by atoms with Gasteiger partial charge in [-0.15, -0.1) is 0 Å². The van der Waals surface area contributed by atoms with Gasteiger partial charge in [-0.1, -0.05) is 0 Å². The Morgan fingerprint density at radius 3 is 2.72 bits per heavy atom. The fourth-order valence-corrected chi connectivity index (χ4v) is 2.17. The minimum absolute atomic E-state index is 0.170. The number of likely N-dealkylation sites (tertiary alicyclic amines) is 1. The molecule has 106 valence electrons. The first-order valence-corrected chi connectivity index (χ1v) is 6.62. The molecule has 5 nitrogen and oxygen atoms in total. The molecule has 0 spiro atoms. The summed E-state index contributed by atoms with van der Waals surface area (Å²) in [5.74, 6) is 0. The molecule has 1 heterocycles. The van der Waals surface area contributed by atoms with E-state index in [0.29, 0.717) is 6.54 Å². The number of β-amino-alcohol motifs (C(OH)–C–C–N with tert-alkyl or cyclic N) is 1. The molecule has 1 fully saturated rings. The summed E-state index contributed by atoms with van der Waals surface area (Å²) in [5.41, 5.74) is -0.454. The van der Waals surface area contributed by atoms with E-state index in [1.54, 1.807) is 11.9 Å². The van der Waals surface area contributed by atoms with Gasteiger partial charge in [0.1, 0.15) is 5.60 Å². The van der Waals surface area contributed by atoms with Crippen LogP contribution in [-0.2, 0) is 4.74 Å². The van der Waals surface area contributed by atoms with Gasteiger partial charge in [-0.05, 0) is 40.2 Å². The molecule has 0 bridgehead atoms. The van der Waals surface area contributed by atoms with Crippen LogP contribution in [0, 0.1) is 0 Å². The Bertz CT molecular complexity index is 274. The van der Waals surface area contributed by atoms with Crippen LogP contribution in [0.4, 0.5) is 4.79 Å². The molecule has 1 aliphatic heterocycles. The van der Waals surface area contributed by atoms with Crippen molar-refractivity contribution in [1.29, 1.82) is 0 Å². The Morgan fingerprint density at radius 2 is 2.17 bits per heavy atom.